The standard InChI is InChI=1S/C17H16Cl2N2O3/c1-20-11-7-5-10(6-8-11)9-14(17(23)24)21-16(22)15-12(18)3-2-4-13(15)19/h2-8,14,20H,9H2,1H3,(H,21,22)(H,23,24). The van der Waals surface area contributed by atoms with Crippen LogP contribution in [0.2, 0.25) is 10.0 Å². The van der Waals surface area contributed by atoms with Crippen LogP contribution < -0.4 is 10.6 Å². The molecule has 3 N–H and O–H groups in total. The minimum Gasteiger partial charge on any atom is -0.480 e. The van der Waals surface area contributed by atoms with Crippen molar-refractivity contribution in [2.75, 3.05) is 12.4 Å². The number of anilines is 1. The summed E-state index contributed by atoms with van der Waals surface area (Å²) in [5, 5.41) is 15.2. The third kappa shape index (κ3) is 4.40. The van der Waals surface area contributed by atoms with Gasteiger partial charge in [-0.05, 0) is 29.8 Å². The molecule has 0 radical (unpaired) electrons. The summed E-state index contributed by atoms with van der Waals surface area (Å²) in [7, 11) is 1.79. The number of carbonyl (C=O) groups excluding carboxylic acids is 1. The third-order valence-corrected chi connectivity index (χ3v) is 4.11. The van der Waals surface area contributed by atoms with E-state index >= 15 is 0 Å². The second-order valence-corrected chi connectivity index (χ2v) is 5.93. The Morgan fingerprint density at radius 2 is 1.67 bits per heavy atom. The number of rotatable bonds is 6. The highest BCUT2D eigenvalue weighted by Crippen LogP contribution is 2.24. The van der Waals surface area contributed by atoms with Gasteiger partial charge in [0, 0.05) is 19.2 Å². The number of carboxylic acid groups (broad SMARTS) is 1. The predicted octanol–water partition coefficient (Wildman–Crippen LogP) is 3.46. The number of hydrogen-bond donors (Lipinski definition) is 3. The van der Waals surface area contributed by atoms with Gasteiger partial charge in [0.2, 0.25) is 0 Å². The summed E-state index contributed by atoms with van der Waals surface area (Å²) < 4.78 is 0. The Morgan fingerprint density at radius 1 is 1.08 bits per heavy atom. The summed E-state index contributed by atoms with van der Waals surface area (Å²) in [5.74, 6) is -1.76. The molecule has 0 aliphatic carbocycles. The van der Waals surface area contributed by atoms with E-state index in [4.69, 9.17) is 23.2 Å². The zero-order valence-electron chi connectivity index (χ0n) is 12.8. The van der Waals surface area contributed by atoms with Gasteiger partial charge in [-0.3, -0.25) is 4.79 Å². The summed E-state index contributed by atoms with van der Waals surface area (Å²) in [6, 6.07) is 10.8. The molecule has 0 heterocycles. The van der Waals surface area contributed by atoms with Crippen molar-refractivity contribution in [1.29, 1.82) is 0 Å². The summed E-state index contributed by atoms with van der Waals surface area (Å²) in [5.41, 5.74) is 1.77. The molecule has 0 spiro atoms. The van der Waals surface area contributed by atoms with E-state index in [1.165, 1.54) is 12.1 Å². The highest BCUT2D eigenvalue weighted by Gasteiger charge is 2.23. The van der Waals surface area contributed by atoms with E-state index in [0.29, 0.717) is 0 Å². The lowest BCUT2D eigenvalue weighted by Gasteiger charge is -2.16. The van der Waals surface area contributed by atoms with Crippen molar-refractivity contribution in [3.63, 3.8) is 0 Å². The first kappa shape index (κ1) is 18.1. The first-order valence-corrected chi connectivity index (χ1v) is 7.92. The molecule has 0 saturated heterocycles. The van der Waals surface area contributed by atoms with Gasteiger partial charge in [0.25, 0.3) is 5.91 Å². The number of benzene rings is 2. The molecule has 126 valence electrons. The van der Waals surface area contributed by atoms with Gasteiger partial charge >= 0.3 is 5.97 Å². The number of halogens is 2. The van der Waals surface area contributed by atoms with Gasteiger partial charge in [0.1, 0.15) is 6.04 Å². The summed E-state index contributed by atoms with van der Waals surface area (Å²) in [6.07, 6.45) is 0.146. The van der Waals surface area contributed by atoms with Crippen molar-refractivity contribution < 1.29 is 14.7 Å². The summed E-state index contributed by atoms with van der Waals surface area (Å²) in [4.78, 5) is 23.8. The minimum atomic E-state index is -1.13. The van der Waals surface area contributed by atoms with Gasteiger partial charge in [0.05, 0.1) is 15.6 Å². The van der Waals surface area contributed by atoms with E-state index in [-0.39, 0.29) is 22.0 Å². The topological polar surface area (TPSA) is 78.4 Å². The fraction of sp³-hybridized carbons (Fsp3) is 0.176. The first-order valence-electron chi connectivity index (χ1n) is 7.16. The largest absolute Gasteiger partial charge is 0.480 e. The molecule has 2 rings (SSSR count). The molecule has 2 aromatic rings. The zero-order chi connectivity index (χ0) is 17.7. The molecular weight excluding hydrogens is 351 g/mol. The maximum Gasteiger partial charge on any atom is 0.326 e. The Balaban J connectivity index is 2.16. The molecule has 0 aliphatic heterocycles. The lowest BCUT2D eigenvalue weighted by molar-refractivity contribution is -0.139. The SMILES string of the molecule is CNc1ccc(CC(NC(=O)c2c(Cl)cccc2Cl)C(=O)O)cc1. The average Bonchev–Trinajstić information content (AvgIpc) is 2.54. The Labute approximate surface area is 149 Å². The quantitative estimate of drug-likeness (QED) is 0.731. The highest BCUT2D eigenvalue weighted by atomic mass is 35.5. The van der Waals surface area contributed by atoms with Crippen molar-refractivity contribution in [1.82, 2.24) is 5.32 Å². The van der Waals surface area contributed by atoms with Crippen LogP contribution in [0.25, 0.3) is 0 Å². The summed E-state index contributed by atoms with van der Waals surface area (Å²) in [6.45, 7) is 0. The molecule has 1 unspecified atom stereocenters. The van der Waals surface area contributed by atoms with Crippen LogP contribution in [-0.2, 0) is 11.2 Å². The van der Waals surface area contributed by atoms with Crippen LogP contribution >= 0.6 is 23.2 Å². The van der Waals surface area contributed by atoms with E-state index in [1.54, 1.807) is 25.2 Å². The minimum absolute atomic E-state index is 0.0672. The number of aliphatic carboxylic acids is 1. The molecule has 0 fully saturated rings. The molecule has 0 aromatic heterocycles. The van der Waals surface area contributed by atoms with Crippen LogP contribution in [0.1, 0.15) is 15.9 Å². The molecule has 2 aromatic carbocycles. The average molecular weight is 367 g/mol. The number of carbonyl (C=O) groups is 2. The van der Waals surface area contributed by atoms with Gasteiger partial charge in [-0.15, -0.1) is 0 Å². The maximum absolute atomic E-state index is 12.3. The van der Waals surface area contributed by atoms with Crippen LogP contribution in [0.5, 0.6) is 0 Å². The van der Waals surface area contributed by atoms with Crippen molar-refractivity contribution in [2.45, 2.75) is 12.5 Å². The molecule has 0 aliphatic rings. The predicted molar refractivity (Wildman–Crippen MR) is 95.0 cm³/mol. The van der Waals surface area contributed by atoms with E-state index in [1.807, 2.05) is 12.1 Å². The van der Waals surface area contributed by atoms with Crippen LogP contribution in [0.4, 0.5) is 5.69 Å². The van der Waals surface area contributed by atoms with Crippen molar-refractivity contribution >= 4 is 40.8 Å². The highest BCUT2D eigenvalue weighted by molar-refractivity contribution is 6.39. The van der Waals surface area contributed by atoms with Gasteiger partial charge < -0.3 is 15.7 Å². The second kappa shape index (κ2) is 8.04. The van der Waals surface area contributed by atoms with E-state index in [9.17, 15) is 14.7 Å². The molecule has 7 heteroatoms. The van der Waals surface area contributed by atoms with Gasteiger partial charge in [-0.25, -0.2) is 4.79 Å². The van der Waals surface area contributed by atoms with E-state index < -0.39 is 17.9 Å². The monoisotopic (exact) mass is 366 g/mol. The molecule has 5 nitrogen and oxygen atoms in total. The van der Waals surface area contributed by atoms with Crippen molar-refractivity contribution in [3.05, 3.63) is 63.6 Å². The Hall–Kier alpha value is -2.24. The fourth-order valence-corrected chi connectivity index (χ4v) is 2.76. The number of nitrogens with one attached hydrogen (secondary N) is 2. The van der Waals surface area contributed by atoms with Crippen LogP contribution in [0, 0.1) is 0 Å². The number of amides is 1. The Morgan fingerprint density at radius 3 is 2.17 bits per heavy atom. The molecule has 24 heavy (non-hydrogen) atoms. The zero-order valence-corrected chi connectivity index (χ0v) is 14.4. The molecule has 0 saturated carbocycles. The molecule has 1 atom stereocenters. The first-order chi connectivity index (χ1) is 11.4. The molecule has 0 bridgehead atoms. The van der Waals surface area contributed by atoms with Crippen LogP contribution in [-0.4, -0.2) is 30.1 Å². The van der Waals surface area contributed by atoms with Crippen molar-refractivity contribution in [2.24, 2.45) is 0 Å². The van der Waals surface area contributed by atoms with Gasteiger partial charge in [0.15, 0.2) is 0 Å². The second-order valence-electron chi connectivity index (χ2n) is 5.11. The van der Waals surface area contributed by atoms with Crippen molar-refractivity contribution in [3.8, 4) is 0 Å². The normalized spacial score (nSPS) is 11.6. The molecule has 1 amide bonds. The summed E-state index contributed by atoms with van der Waals surface area (Å²) >= 11 is 12.0. The number of hydrogen-bond acceptors (Lipinski definition) is 3. The molecular formula is C17H16Cl2N2O3. The fourth-order valence-electron chi connectivity index (χ4n) is 2.19. The lowest BCUT2D eigenvalue weighted by atomic mass is 10.0. The van der Waals surface area contributed by atoms with E-state index in [0.717, 1.165) is 11.3 Å². The Bertz CT molecular complexity index is 728. The lowest BCUT2D eigenvalue weighted by Crippen LogP contribution is -2.42. The Kier molecular flexibility index (Phi) is 6.06. The van der Waals surface area contributed by atoms with E-state index in [2.05, 4.69) is 10.6 Å². The van der Waals surface area contributed by atoms with Gasteiger partial charge in [-0.2, -0.15) is 0 Å². The maximum atomic E-state index is 12.3. The van der Waals surface area contributed by atoms with Crippen LogP contribution in [0.3, 0.4) is 0 Å². The van der Waals surface area contributed by atoms with Gasteiger partial charge in [-0.1, -0.05) is 41.4 Å². The number of carboxylic acids is 1. The van der Waals surface area contributed by atoms with Crippen LogP contribution in [0.15, 0.2) is 42.5 Å². The third-order valence-electron chi connectivity index (χ3n) is 3.48. The smallest absolute Gasteiger partial charge is 0.326 e.